The van der Waals surface area contributed by atoms with E-state index in [1.54, 1.807) is 0 Å². The second-order valence-corrected chi connectivity index (χ2v) is 12.3. The largest absolute Gasteiger partial charge is 0.458 e. The van der Waals surface area contributed by atoms with Crippen molar-refractivity contribution in [1.29, 1.82) is 0 Å². The fourth-order valence-corrected chi connectivity index (χ4v) is 10.5. The molecule has 0 bridgehead atoms. The number of aliphatic hydroxyl groups is 2. The van der Waals surface area contributed by atoms with E-state index in [2.05, 4.69) is 13.8 Å². The van der Waals surface area contributed by atoms with Gasteiger partial charge in [-0.2, -0.15) is 0 Å². The minimum Gasteiger partial charge on any atom is -0.458 e. The molecule has 0 radical (unpaired) electrons. The molecule has 4 nitrogen and oxygen atoms in total. The Bertz CT molecular complexity index is 781. The Labute approximate surface area is 167 Å². The van der Waals surface area contributed by atoms with Crippen LogP contribution in [-0.4, -0.2) is 33.5 Å². The number of aliphatic hydroxyl groups excluding tert-OH is 1. The van der Waals surface area contributed by atoms with Crippen LogP contribution in [0, 0.1) is 52.3 Å². The molecular formula is C24H34O4. The predicted molar refractivity (Wildman–Crippen MR) is 102 cm³/mol. The van der Waals surface area contributed by atoms with Gasteiger partial charge in [0, 0.05) is 24.2 Å². The molecule has 1 saturated heterocycles. The van der Waals surface area contributed by atoms with Crippen LogP contribution in [0.15, 0.2) is 0 Å². The van der Waals surface area contributed by atoms with Crippen molar-refractivity contribution in [3.05, 3.63) is 0 Å². The van der Waals surface area contributed by atoms with Crippen LogP contribution >= 0.6 is 0 Å². The van der Waals surface area contributed by atoms with Crippen molar-refractivity contribution in [2.24, 2.45) is 52.3 Å². The maximum absolute atomic E-state index is 12.2. The molecule has 12 atom stereocenters. The van der Waals surface area contributed by atoms with Gasteiger partial charge in [-0.15, -0.1) is 0 Å². The smallest absolute Gasteiger partial charge is 0.306 e. The van der Waals surface area contributed by atoms with Crippen LogP contribution in [0.2, 0.25) is 0 Å². The third-order valence-electron chi connectivity index (χ3n) is 11.8. The number of ether oxygens (including phenoxy) is 1. The van der Waals surface area contributed by atoms with Gasteiger partial charge in [-0.1, -0.05) is 13.8 Å². The third-order valence-corrected chi connectivity index (χ3v) is 11.8. The monoisotopic (exact) mass is 386 g/mol. The van der Waals surface area contributed by atoms with Gasteiger partial charge in [0.15, 0.2) is 0 Å². The Morgan fingerprint density at radius 3 is 2.46 bits per heavy atom. The van der Waals surface area contributed by atoms with Gasteiger partial charge in [-0.05, 0) is 85.9 Å². The molecule has 6 saturated carbocycles. The minimum atomic E-state index is -0.663. The van der Waals surface area contributed by atoms with Crippen LogP contribution < -0.4 is 0 Å². The van der Waals surface area contributed by atoms with E-state index < -0.39 is 5.60 Å². The number of carbonyl (C=O) groups excluding carboxylic acids is 1. The third kappa shape index (κ3) is 1.59. The molecule has 1 spiro atoms. The molecule has 1 heterocycles. The van der Waals surface area contributed by atoms with Crippen LogP contribution in [0.3, 0.4) is 0 Å². The number of hydrogen-bond donors (Lipinski definition) is 2. The fraction of sp³-hybridized carbons (Fsp3) is 0.958. The average molecular weight is 387 g/mol. The topological polar surface area (TPSA) is 66.8 Å². The van der Waals surface area contributed by atoms with Crippen molar-refractivity contribution >= 4 is 5.97 Å². The fourth-order valence-electron chi connectivity index (χ4n) is 10.5. The maximum atomic E-state index is 12.2. The number of rotatable bonds is 0. The molecule has 0 aromatic heterocycles. The first-order chi connectivity index (χ1) is 13.3. The average Bonchev–Trinajstić information content (AvgIpc) is 3.54. The molecule has 4 heteroatoms. The summed E-state index contributed by atoms with van der Waals surface area (Å²) in [6.45, 7) is 4.82. The summed E-state index contributed by atoms with van der Waals surface area (Å²) in [5.74, 6) is 4.33. The zero-order valence-corrected chi connectivity index (χ0v) is 17.2. The molecule has 0 aromatic rings. The van der Waals surface area contributed by atoms with Crippen LogP contribution in [0.5, 0.6) is 0 Å². The summed E-state index contributed by atoms with van der Waals surface area (Å²) in [5.41, 5.74) is -0.751. The minimum absolute atomic E-state index is 0.0326. The molecular weight excluding hydrogens is 352 g/mol. The van der Waals surface area contributed by atoms with E-state index >= 15 is 0 Å². The highest BCUT2D eigenvalue weighted by atomic mass is 16.6. The first-order valence-corrected chi connectivity index (χ1v) is 11.9. The second-order valence-electron chi connectivity index (χ2n) is 12.3. The molecule has 0 aromatic carbocycles. The molecule has 28 heavy (non-hydrogen) atoms. The van der Waals surface area contributed by atoms with Crippen molar-refractivity contribution in [1.82, 2.24) is 0 Å². The molecule has 154 valence electrons. The van der Waals surface area contributed by atoms with Gasteiger partial charge < -0.3 is 14.9 Å². The normalized spacial score (nSPS) is 68.4. The summed E-state index contributed by atoms with van der Waals surface area (Å²) >= 11 is 0. The van der Waals surface area contributed by atoms with Gasteiger partial charge in [0.1, 0.15) is 5.60 Å². The Morgan fingerprint density at radius 1 is 0.964 bits per heavy atom. The SMILES string of the molecule is C[C@]12CCC3C(C1C1C[C@@H]1[C@@]21CCC(=O)O1)[C@H]1C[C@H]1[C@]1(O)C[C@@H](O)CC[C@]31C. The Kier molecular flexibility index (Phi) is 2.85. The van der Waals surface area contributed by atoms with E-state index in [0.29, 0.717) is 48.3 Å². The Hall–Kier alpha value is -0.610. The van der Waals surface area contributed by atoms with E-state index in [-0.39, 0.29) is 28.5 Å². The van der Waals surface area contributed by atoms with Crippen molar-refractivity contribution in [3.63, 3.8) is 0 Å². The maximum Gasteiger partial charge on any atom is 0.306 e. The van der Waals surface area contributed by atoms with E-state index in [1.807, 2.05) is 0 Å². The summed E-state index contributed by atoms with van der Waals surface area (Å²) in [6, 6.07) is 0. The number of esters is 1. The standard InChI is InChI=1S/C24H34O4/c1-21-6-3-12(25)11-23(21,27)16-9-13(16)19-15(21)4-7-22(2)20(19)14-10-17(14)24(22)8-5-18(26)28-24/h12-17,19-20,25,27H,3-11H2,1-2H3/t12-,13-,14?,15?,16+,17-,19?,20?,21+,22-,23+,24-/m0/s1. The van der Waals surface area contributed by atoms with E-state index in [4.69, 9.17) is 4.74 Å². The Morgan fingerprint density at radius 2 is 1.71 bits per heavy atom. The number of carbonyl (C=O) groups is 1. The van der Waals surface area contributed by atoms with Crippen molar-refractivity contribution in [3.8, 4) is 0 Å². The molecule has 2 N–H and O–H groups in total. The lowest BCUT2D eigenvalue weighted by Gasteiger charge is -2.64. The molecule has 4 unspecified atom stereocenters. The zero-order chi connectivity index (χ0) is 19.3. The summed E-state index contributed by atoms with van der Waals surface area (Å²) < 4.78 is 6.21. The van der Waals surface area contributed by atoms with Crippen LogP contribution in [-0.2, 0) is 9.53 Å². The van der Waals surface area contributed by atoms with E-state index in [9.17, 15) is 15.0 Å². The number of hydrogen-bond acceptors (Lipinski definition) is 4. The van der Waals surface area contributed by atoms with Crippen LogP contribution in [0.1, 0.15) is 71.6 Å². The lowest BCUT2D eigenvalue weighted by Crippen LogP contribution is -2.65. The Balaban J connectivity index is 1.32. The number of fused-ring (bicyclic) bond motifs is 12. The van der Waals surface area contributed by atoms with Crippen LogP contribution in [0.25, 0.3) is 0 Å². The molecule has 6 aliphatic carbocycles. The summed E-state index contributed by atoms with van der Waals surface area (Å²) in [4.78, 5) is 12.2. The first-order valence-electron chi connectivity index (χ1n) is 11.9. The summed E-state index contributed by atoms with van der Waals surface area (Å²) in [5, 5.41) is 22.2. The molecule has 7 fully saturated rings. The molecule has 1 aliphatic heterocycles. The van der Waals surface area contributed by atoms with Crippen molar-refractivity contribution in [2.75, 3.05) is 0 Å². The highest BCUT2D eigenvalue weighted by Gasteiger charge is 2.82. The quantitative estimate of drug-likeness (QED) is 0.627. The highest BCUT2D eigenvalue weighted by Crippen LogP contribution is 2.83. The van der Waals surface area contributed by atoms with Gasteiger partial charge in [-0.25, -0.2) is 0 Å². The highest BCUT2D eigenvalue weighted by molar-refractivity contribution is 5.73. The second kappa shape index (κ2) is 4.66. The van der Waals surface area contributed by atoms with Gasteiger partial charge in [0.05, 0.1) is 11.7 Å². The molecule has 0 amide bonds. The van der Waals surface area contributed by atoms with Crippen molar-refractivity contribution < 1.29 is 19.7 Å². The van der Waals surface area contributed by atoms with Gasteiger partial charge in [0.25, 0.3) is 0 Å². The van der Waals surface area contributed by atoms with Gasteiger partial charge in [-0.3, -0.25) is 4.79 Å². The molecule has 7 aliphatic rings. The van der Waals surface area contributed by atoms with E-state index in [1.165, 1.54) is 6.42 Å². The van der Waals surface area contributed by atoms with Gasteiger partial charge >= 0.3 is 5.97 Å². The molecule has 7 rings (SSSR count). The lowest BCUT2D eigenvalue weighted by atomic mass is 9.42. The van der Waals surface area contributed by atoms with Crippen molar-refractivity contribution in [2.45, 2.75) is 88.9 Å². The first kappa shape index (κ1) is 17.1. The van der Waals surface area contributed by atoms with Crippen LogP contribution in [0.4, 0.5) is 0 Å². The summed E-state index contributed by atoms with van der Waals surface area (Å²) in [7, 11) is 0. The van der Waals surface area contributed by atoms with E-state index in [0.717, 1.165) is 44.4 Å². The lowest BCUT2D eigenvalue weighted by molar-refractivity contribution is -0.237. The predicted octanol–water partition coefficient (Wildman–Crippen LogP) is 3.29. The van der Waals surface area contributed by atoms with Gasteiger partial charge in [0.2, 0.25) is 0 Å². The zero-order valence-electron chi connectivity index (χ0n) is 17.2. The summed E-state index contributed by atoms with van der Waals surface area (Å²) in [6.07, 6.45) is 8.33.